The van der Waals surface area contributed by atoms with Crippen LogP contribution in [-0.2, 0) is 4.74 Å². The maximum Gasteiger partial charge on any atom is 0.258 e. The Morgan fingerprint density at radius 1 is 1.23 bits per heavy atom. The van der Waals surface area contributed by atoms with E-state index in [2.05, 4.69) is 15.6 Å². The molecular formula is C21H22ClN3O5. The molecule has 0 bridgehead atoms. The number of hydrogen-bond acceptors (Lipinski definition) is 6. The molecule has 2 N–H and O–H groups in total. The van der Waals surface area contributed by atoms with Crippen LogP contribution in [0.4, 0.5) is 5.69 Å². The van der Waals surface area contributed by atoms with Crippen LogP contribution in [0.5, 0.6) is 17.2 Å². The quantitative estimate of drug-likeness (QED) is 0.556. The van der Waals surface area contributed by atoms with Crippen molar-refractivity contribution in [1.82, 2.24) is 5.32 Å². The van der Waals surface area contributed by atoms with Gasteiger partial charge in [-0.05, 0) is 49.2 Å². The van der Waals surface area contributed by atoms with Crippen LogP contribution in [0.2, 0.25) is 5.02 Å². The molecule has 0 unspecified atom stereocenters. The highest BCUT2D eigenvalue weighted by Gasteiger charge is 2.19. The zero-order chi connectivity index (χ0) is 20.9. The van der Waals surface area contributed by atoms with Gasteiger partial charge in [-0.1, -0.05) is 11.6 Å². The average molecular weight is 432 g/mol. The molecule has 9 heteroatoms. The number of carbonyl (C=O) groups excluding carboxylic acids is 1. The minimum absolute atomic E-state index is 0.0451. The standard InChI is InChI=1S/C21H22ClN3O5/c1-27-17-7-5-14(10-16(17)22)24-21(23-11-15-3-2-8-28-15)25-20(26)13-4-6-18-19(9-13)30-12-29-18/h4-7,9-10,15H,2-3,8,11-12H2,1H3,(H2,23,24,25,26)/t15-/m1/s1. The first-order chi connectivity index (χ1) is 14.6. The minimum atomic E-state index is -0.327. The Kier molecular flexibility index (Phi) is 6.25. The molecule has 0 aromatic heterocycles. The molecule has 0 aliphatic carbocycles. The van der Waals surface area contributed by atoms with Crippen molar-refractivity contribution in [1.29, 1.82) is 0 Å². The minimum Gasteiger partial charge on any atom is -0.495 e. The van der Waals surface area contributed by atoms with E-state index in [1.807, 2.05) is 0 Å². The summed E-state index contributed by atoms with van der Waals surface area (Å²) in [6.07, 6.45) is 2.01. The summed E-state index contributed by atoms with van der Waals surface area (Å²) in [6, 6.07) is 10.2. The SMILES string of the molecule is COc1ccc(NC(=NC[C@H]2CCCO2)NC(=O)c2ccc3c(c2)OCO3)cc1Cl. The zero-order valence-corrected chi connectivity index (χ0v) is 17.2. The van der Waals surface area contributed by atoms with Gasteiger partial charge >= 0.3 is 0 Å². The molecular weight excluding hydrogens is 410 g/mol. The van der Waals surface area contributed by atoms with Gasteiger partial charge in [-0.2, -0.15) is 0 Å². The van der Waals surface area contributed by atoms with Gasteiger partial charge in [-0.25, -0.2) is 4.99 Å². The van der Waals surface area contributed by atoms with Crippen molar-refractivity contribution < 1.29 is 23.7 Å². The number of rotatable bonds is 5. The number of ether oxygens (including phenoxy) is 4. The molecule has 0 radical (unpaired) electrons. The summed E-state index contributed by atoms with van der Waals surface area (Å²) in [7, 11) is 1.55. The van der Waals surface area contributed by atoms with E-state index >= 15 is 0 Å². The molecule has 2 aromatic carbocycles. The number of fused-ring (bicyclic) bond motifs is 1. The molecule has 158 valence electrons. The van der Waals surface area contributed by atoms with Crippen molar-refractivity contribution in [3.05, 3.63) is 47.0 Å². The second-order valence-corrected chi connectivity index (χ2v) is 7.23. The van der Waals surface area contributed by atoms with Crippen LogP contribution in [0.3, 0.4) is 0 Å². The van der Waals surface area contributed by atoms with Crippen molar-refractivity contribution in [2.45, 2.75) is 18.9 Å². The number of nitrogens with one attached hydrogen (secondary N) is 2. The van der Waals surface area contributed by atoms with Gasteiger partial charge in [-0.15, -0.1) is 0 Å². The summed E-state index contributed by atoms with van der Waals surface area (Å²) < 4.78 is 21.4. The fourth-order valence-electron chi connectivity index (χ4n) is 3.19. The van der Waals surface area contributed by atoms with Crippen LogP contribution in [0, 0.1) is 0 Å². The zero-order valence-electron chi connectivity index (χ0n) is 16.4. The Morgan fingerprint density at radius 2 is 2.10 bits per heavy atom. The van der Waals surface area contributed by atoms with Crippen LogP contribution in [0.1, 0.15) is 23.2 Å². The van der Waals surface area contributed by atoms with Crippen molar-refractivity contribution >= 4 is 29.2 Å². The number of halogens is 1. The van der Waals surface area contributed by atoms with Gasteiger partial charge < -0.3 is 24.3 Å². The molecule has 1 fully saturated rings. The van der Waals surface area contributed by atoms with Gasteiger partial charge in [-0.3, -0.25) is 10.1 Å². The highest BCUT2D eigenvalue weighted by Crippen LogP contribution is 2.32. The van der Waals surface area contributed by atoms with Gasteiger partial charge in [0.2, 0.25) is 12.8 Å². The lowest BCUT2D eigenvalue weighted by atomic mass is 10.2. The normalized spacial score (nSPS) is 17.7. The van der Waals surface area contributed by atoms with Crippen molar-refractivity contribution in [2.75, 3.05) is 32.4 Å². The number of aliphatic imine (C=N–C) groups is 1. The van der Waals surface area contributed by atoms with Gasteiger partial charge in [0, 0.05) is 17.9 Å². The summed E-state index contributed by atoms with van der Waals surface area (Å²) in [5, 5.41) is 6.38. The summed E-state index contributed by atoms with van der Waals surface area (Å²) in [5.41, 5.74) is 1.09. The largest absolute Gasteiger partial charge is 0.495 e. The Labute approximate surface area is 179 Å². The predicted molar refractivity (Wildman–Crippen MR) is 113 cm³/mol. The Bertz CT molecular complexity index is 960. The number of nitrogens with zero attached hydrogens (tertiary/aromatic N) is 1. The molecule has 0 spiro atoms. The lowest BCUT2D eigenvalue weighted by Crippen LogP contribution is -2.36. The van der Waals surface area contributed by atoms with Crippen LogP contribution < -0.4 is 24.8 Å². The number of carbonyl (C=O) groups is 1. The number of methoxy groups -OCH3 is 1. The predicted octanol–water partition coefficient (Wildman–Crippen LogP) is 3.45. The molecule has 2 aliphatic heterocycles. The van der Waals surface area contributed by atoms with Crippen molar-refractivity contribution in [2.24, 2.45) is 4.99 Å². The molecule has 2 heterocycles. The number of benzene rings is 2. The van der Waals surface area contributed by atoms with Gasteiger partial charge in [0.15, 0.2) is 11.5 Å². The topological polar surface area (TPSA) is 90.4 Å². The van der Waals surface area contributed by atoms with E-state index in [4.69, 9.17) is 30.5 Å². The fraction of sp³-hybridized carbons (Fsp3) is 0.333. The molecule has 2 aromatic rings. The van der Waals surface area contributed by atoms with E-state index in [-0.39, 0.29) is 18.8 Å². The molecule has 8 nitrogen and oxygen atoms in total. The second kappa shape index (κ2) is 9.23. The van der Waals surface area contributed by atoms with Crippen LogP contribution in [0.15, 0.2) is 41.4 Å². The number of hydrogen-bond donors (Lipinski definition) is 2. The summed E-state index contributed by atoms with van der Waals surface area (Å²) in [4.78, 5) is 17.3. The van der Waals surface area contributed by atoms with Crippen molar-refractivity contribution in [3.63, 3.8) is 0 Å². The van der Waals surface area contributed by atoms with E-state index in [1.54, 1.807) is 43.5 Å². The first-order valence-electron chi connectivity index (χ1n) is 9.60. The average Bonchev–Trinajstić information content (AvgIpc) is 3.43. The summed E-state index contributed by atoms with van der Waals surface area (Å²) in [6.45, 7) is 1.32. The Morgan fingerprint density at radius 3 is 2.87 bits per heavy atom. The lowest BCUT2D eigenvalue weighted by Gasteiger charge is -2.14. The third kappa shape index (κ3) is 4.77. The molecule has 0 saturated carbocycles. The van der Waals surface area contributed by atoms with Crippen molar-refractivity contribution in [3.8, 4) is 17.2 Å². The highest BCUT2D eigenvalue weighted by molar-refractivity contribution is 6.32. The first-order valence-corrected chi connectivity index (χ1v) is 9.98. The number of amides is 1. The van der Waals surface area contributed by atoms with Gasteiger partial charge in [0.1, 0.15) is 5.75 Å². The second-order valence-electron chi connectivity index (χ2n) is 6.82. The molecule has 2 aliphatic rings. The van der Waals surface area contributed by atoms with Gasteiger partial charge in [0.25, 0.3) is 5.91 Å². The van der Waals surface area contributed by atoms with E-state index in [0.29, 0.717) is 46.0 Å². The monoisotopic (exact) mass is 431 g/mol. The van der Waals surface area contributed by atoms with Crippen LogP contribution in [0.25, 0.3) is 0 Å². The molecule has 1 atom stereocenters. The molecule has 1 saturated heterocycles. The maximum absolute atomic E-state index is 12.8. The fourth-order valence-corrected chi connectivity index (χ4v) is 3.45. The highest BCUT2D eigenvalue weighted by atomic mass is 35.5. The third-order valence-corrected chi connectivity index (χ3v) is 5.05. The number of guanidine groups is 1. The number of anilines is 1. The summed E-state index contributed by atoms with van der Waals surface area (Å²) in [5.74, 6) is 1.69. The van der Waals surface area contributed by atoms with E-state index < -0.39 is 0 Å². The molecule has 1 amide bonds. The van der Waals surface area contributed by atoms with E-state index in [9.17, 15) is 4.79 Å². The Balaban J connectivity index is 1.51. The smallest absolute Gasteiger partial charge is 0.258 e. The maximum atomic E-state index is 12.8. The third-order valence-electron chi connectivity index (χ3n) is 4.76. The lowest BCUT2D eigenvalue weighted by molar-refractivity contribution is 0.0975. The van der Waals surface area contributed by atoms with E-state index in [0.717, 1.165) is 19.4 Å². The first kappa shape index (κ1) is 20.3. The summed E-state index contributed by atoms with van der Waals surface area (Å²) >= 11 is 6.21. The molecule has 4 rings (SSSR count). The van der Waals surface area contributed by atoms with Gasteiger partial charge in [0.05, 0.1) is 24.8 Å². The molecule has 30 heavy (non-hydrogen) atoms. The van der Waals surface area contributed by atoms with Crippen LogP contribution >= 0.6 is 11.6 Å². The van der Waals surface area contributed by atoms with E-state index in [1.165, 1.54) is 0 Å². The van der Waals surface area contributed by atoms with Crippen LogP contribution in [-0.4, -0.2) is 45.0 Å². The Hall–Kier alpha value is -2.97.